The normalized spacial score (nSPS) is 24.5. The van der Waals surface area contributed by atoms with Crippen LogP contribution < -0.4 is 5.32 Å². The summed E-state index contributed by atoms with van der Waals surface area (Å²) in [6, 6.07) is 5.77. The van der Waals surface area contributed by atoms with Gasteiger partial charge in [0.1, 0.15) is 0 Å². The lowest BCUT2D eigenvalue weighted by Crippen LogP contribution is -2.37. The van der Waals surface area contributed by atoms with Crippen molar-refractivity contribution in [1.82, 2.24) is 5.32 Å². The van der Waals surface area contributed by atoms with E-state index in [1.54, 1.807) is 19.1 Å². The minimum absolute atomic E-state index is 0.0775. The highest BCUT2D eigenvalue weighted by Crippen LogP contribution is 2.39. The van der Waals surface area contributed by atoms with Gasteiger partial charge < -0.3 is 10.1 Å². The molecule has 3 aliphatic carbocycles. The van der Waals surface area contributed by atoms with E-state index in [1.165, 1.54) is 38.5 Å². The molecule has 0 bridgehead atoms. The third-order valence-corrected chi connectivity index (χ3v) is 8.68. The van der Waals surface area contributed by atoms with Crippen LogP contribution in [0.15, 0.2) is 24.3 Å². The third-order valence-electron chi connectivity index (χ3n) is 8.68. The van der Waals surface area contributed by atoms with Crippen LogP contribution >= 0.6 is 0 Å². The molecule has 2 unspecified atom stereocenters. The van der Waals surface area contributed by atoms with Gasteiger partial charge in [-0.3, -0.25) is 4.79 Å². The molecule has 0 aliphatic heterocycles. The van der Waals surface area contributed by atoms with Gasteiger partial charge in [0, 0.05) is 25.3 Å². The minimum atomic E-state index is -4.29. The van der Waals surface area contributed by atoms with Crippen LogP contribution in [0.2, 0.25) is 0 Å². The summed E-state index contributed by atoms with van der Waals surface area (Å²) in [6.07, 6.45) is 9.53. The Morgan fingerprint density at radius 3 is 2.18 bits per heavy atom. The maximum absolute atomic E-state index is 13.0. The number of nitrogens with one attached hydrogen (secondary N) is 1. The molecule has 222 valence electrons. The Labute approximate surface area is 230 Å². The minimum Gasteiger partial charge on any atom is -0.466 e. The predicted molar refractivity (Wildman–Crippen MR) is 144 cm³/mol. The summed E-state index contributed by atoms with van der Waals surface area (Å²) in [7, 11) is 0. The molecule has 2 atom stereocenters. The van der Waals surface area contributed by atoms with E-state index in [0.29, 0.717) is 31.9 Å². The van der Waals surface area contributed by atoms with E-state index in [1.807, 2.05) is 0 Å². The van der Waals surface area contributed by atoms with Crippen molar-refractivity contribution in [3.8, 4) is 0 Å². The molecule has 1 aromatic carbocycles. The van der Waals surface area contributed by atoms with E-state index in [-0.39, 0.29) is 30.6 Å². The van der Waals surface area contributed by atoms with Crippen molar-refractivity contribution in [3.05, 3.63) is 35.4 Å². The summed E-state index contributed by atoms with van der Waals surface area (Å²) in [5.41, 5.74) is 0.316. The Hall–Kier alpha value is -1.70. The zero-order valence-electron chi connectivity index (χ0n) is 23.3. The molecule has 39 heavy (non-hydrogen) atoms. The number of benzene rings is 1. The monoisotopic (exact) mass is 559 g/mol. The molecule has 0 amide bonds. The number of carbonyl (C=O) groups excluding carboxylic acids is 1. The Morgan fingerprint density at radius 1 is 0.923 bits per heavy atom. The summed E-state index contributed by atoms with van der Waals surface area (Å²) in [5.74, 6) is -1.18. The van der Waals surface area contributed by atoms with E-state index in [0.717, 1.165) is 55.8 Å². The number of carbonyl (C=O) groups is 1. The SMILES string of the molecule is CCOC(=O)CC1CCCC(c2ccc(C(F)(F)F)cc2)C1.FC1(F)CCC(NCCC2CCCCC2)CC1. The fraction of sp³-hybridized carbons (Fsp3) is 0.774. The summed E-state index contributed by atoms with van der Waals surface area (Å²) in [6.45, 7) is 3.19. The van der Waals surface area contributed by atoms with Crippen molar-refractivity contribution < 1.29 is 31.5 Å². The second-order valence-corrected chi connectivity index (χ2v) is 11.7. The van der Waals surface area contributed by atoms with Gasteiger partial charge in [0.15, 0.2) is 0 Å². The number of hydrogen-bond donors (Lipinski definition) is 1. The maximum Gasteiger partial charge on any atom is 0.416 e. The van der Waals surface area contributed by atoms with Crippen LogP contribution in [0.25, 0.3) is 0 Å². The topological polar surface area (TPSA) is 38.3 Å². The van der Waals surface area contributed by atoms with E-state index < -0.39 is 17.7 Å². The predicted octanol–water partition coefficient (Wildman–Crippen LogP) is 9.06. The molecule has 8 heteroatoms. The van der Waals surface area contributed by atoms with Crippen molar-refractivity contribution in [2.75, 3.05) is 13.2 Å². The highest BCUT2D eigenvalue weighted by molar-refractivity contribution is 5.69. The lowest BCUT2D eigenvalue weighted by atomic mass is 9.77. The van der Waals surface area contributed by atoms with E-state index in [2.05, 4.69) is 5.32 Å². The number of halogens is 5. The Balaban J connectivity index is 0.000000223. The molecule has 0 spiro atoms. The molecule has 1 aromatic rings. The number of rotatable bonds is 8. The molecule has 0 heterocycles. The first-order valence-corrected chi connectivity index (χ1v) is 15.0. The van der Waals surface area contributed by atoms with Gasteiger partial charge in [-0.05, 0) is 87.4 Å². The van der Waals surface area contributed by atoms with Crippen molar-refractivity contribution in [3.63, 3.8) is 0 Å². The van der Waals surface area contributed by atoms with Crippen molar-refractivity contribution in [2.24, 2.45) is 11.8 Å². The zero-order valence-corrected chi connectivity index (χ0v) is 23.3. The molecule has 0 aromatic heterocycles. The molecular weight excluding hydrogens is 513 g/mol. The smallest absolute Gasteiger partial charge is 0.416 e. The highest BCUT2D eigenvalue weighted by atomic mass is 19.4. The van der Waals surface area contributed by atoms with Crippen molar-refractivity contribution >= 4 is 5.97 Å². The van der Waals surface area contributed by atoms with Gasteiger partial charge in [-0.25, -0.2) is 8.78 Å². The number of hydrogen-bond acceptors (Lipinski definition) is 3. The largest absolute Gasteiger partial charge is 0.466 e. The lowest BCUT2D eigenvalue weighted by molar-refractivity contribution is -0.144. The Kier molecular flexibility index (Phi) is 12.5. The van der Waals surface area contributed by atoms with Crippen molar-refractivity contribution in [1.29, 1.82) is 0 Å². The molecule has 3 nitrogen and oxygen atoms in total. The van der Waals surface area contributed by atoms with Crippen LogP contribution in [0.4, 0.5) is 22.0 Å². The first-order chi connectivity index (χ1) is 18.6. The van der Waals surface area contributed by atoms with Gasteiger partial charge in [0.25, 0.3) is 0 Å². The van der Waals surface area contributed by atoms with Gasteiger partial charge in [0.05, 0.1) is 12.2 Å². The van der Waals surface area contributed by atoms with Crippen LogP contribution in [0, 0.1) is 11.8 Å². The standard InChI is InChI=1S/C17H21F3O2.C14H25F2N/c1-2-22-16(21)11-12-4-3-5-14(10-12)13-6-8-15(9-7-13)17(18,19)20;15-14(16)9-6-13(7-10-14)17-11-8-12-4-2-1-3-5-12/h6-9,12,14H,2-5,10-11H2,1H3;12-13,17H,1-11H2. The molecule has 3 aliphatic rings. The quantitative estimate of drug-likeness (QED) is 0.255. The number of esters is 1. The van der Waals surface area contributed by atoms with Crippen molar-refractivity contribution in [2.45, 2.75) is 127 Å². The van der Waals surface area contributed by atoms with Crippen LogP contribution in [0.5, 0.6) is 0 Å². The van der Waals surface area contributed by atoms with E-state index >= 15 is 0 Å². The van der Waals surface area contributed by atoms with Crippen LogP contribution in [0.1, 0.15) is 120 Å². The molecule has 3 saturated carbocycles. The average Bonchev–Trinajstić information content (AvgIpc) is 2.90. The molecule has 0 saturated heterocycles. The van der Waals surface area contributed by atoms with Crippen LogP contribution in [-0.2, 0) is 15.7 Å². The summed E-state index contributed by atoms with van der Waals surface area (Å²) < 4.78 is 68.7. The van der Waals surface area contributed by atoms with Gasteiger partial charge in [-0.15, -0.1) is 0 Å². The van der Waals surface area contributed by atoms with Crippen LogP contribution in [0.3, 0.4) is 0 Å². The van der Waals surface area contributed by atoms with Gasteiger partial charge >= 0.3 is 12.1 Å². The third kappa shape index (κ3) is 11.4. The fourth-order valence-electron chi connectivity index (χ4n) is 6.39. The van der Waals surface area contributed by atoms with Gasteiger partial charge in [0.2, 0.25) is 5.92 Å². The number of alkyl halides is 5. The summed E-state index contributed by atoms with van der Waals surface area (Å²) >= 11 is 0. The molecule has 3 fully saturated rings. The summed E-state index contributed by atoms with van der Waals surface area (Å²) in [5, 5.41) is 3.47. The molecular formula is C31H46F5NO2. The van der Waals surface area contributed by atoms with Gasteiger partial charge in [-0.2, -0.15) is 13.2 Å². The fourth-order valence-corrected chi connectivity index (χ4v) is 6.39. The lowest BCUT2D eigenvalue weighted by Gasteiger charge is -2.29. The Bertz CT molecular complexity index is 842. The van der Waals surface area contributed by atoms with E-state index in [4.69, 9.17) is 4.74 Å². The second kappa shape index (κ2) is 15.3. The summed E-state index contributed by atoms with van der Waals surface area (Å²) in [4.78, 5) is 11.6. The van der Waals surface area contributed by atoms with Gasteiger partial charge in [-0.1, -0.05) is 50.7 Å². The molecule has 1 N–H and O–H groups in total. The molecule has 4 rings (SSSR count). The first-order valence-electron chi connectivity index (χ1n) is 15.0. The first kappa shape index (κ1) is 31.8. The Morgan fingerprint density at radius 2 is 1.56 bits per heavy atom. The zero-order chi connectivity index (χ0) is 28.3. The molecule has 0 radical (unpaired) electrons. The number of ether oxygens (including phenoxy) is 1. The average molecular weight is 560 g/mol. The maximum atomic E-state index is 13.0. The van der Waals surface area contributed by atoms with Crippen LogP contribution in [-0.4, -0.2) is 31.1 Å². The van der Waals surface area contributed by atoms with E-state index in [9.17, 15) is 26.7 Å². The highest BCUT2D eigenvalue weighted by Gasteiger charge is 2.34. The second-order valence-electron chi connectivity index (χ2n) is 11.7.